The lowest BCUT2D eigenvalue weighted by atomic mass is 10.0. The Morgan fingerprint density at radius 1 is 1.17 bits per heavy atom. The molecular weight excluding hydrogens is 389 g/mol. The van der Waals surface area contributed by atoms with Crippen LogP contribution in [0.1, 0.15) is 36.1 Å². The van der Waals surface area contributed by atoms with Gasteiger partial charge >= 0.3 is 6.36 Å². The Balaban J connectivity index is 1.74. The zero-order chi connectivity index (χ0) is 21.0. The molecule has 3 aromatic rings. The minimum atomic E-state index is -4.80. The monoisotopic (exact) mass is 406 g/mol. The third-order valence-electron chi connectivity index (χ3n) is 3.93. The Hall–Kier alpha value is -3.43. The van der Waals surface area contributed by atoms with Gasteiger partial charge in [0.1, 0.15) is 11.8 Å². The number of carbonyl (C=O) groups excluding carboxylic acids is 1. The van der Waals surface area contributed by atoms with Crippen LogP contribution >= 0.6 is 0 Å². The predicted molar refractivity (Wildman–Crippen MR) is 95.7 cm³/mol. The first-order chi connectivity index (χ1) is 13.7. The Morgan fingerprint density at radius 3 is 2.48 bits per heavy atom. The number of carbonyl (C=O) groups is 1. The maximum Gasteiger partial charge on any atom is 0.573 e. The number of hydrogen-bond acceptors (Lipinski definition) is 6. The van der Waals surface area contributed by atoms with Crippen molar-refractivity contribution in [2.45, 2.75) is 26.3 Å². The van der Waals surface area contributed by atoms with E-state index >= 15 is 0 Å². The Labute approximate surface area is 163 Å². The van der Waals surface area contributed by atoms with Gasteiger partial charge in [0.15, 0.2) is 0 Å². The van der Waals surface area contributed by atoms with Gasteiger partial charge < -0.3 is 14.6 Å². The second kappa shape index (κ2) is 8.29. The van der Waals surface area contributed by atoms with Crippen LogP contribution in [0.4, 0.5) is 13.2 Å². The van der Waals surface area contributed by atoms with Crippen molar-refractivity contribution in [2.75, 3.05) is 0 Å². The predicted octanol–water partition coefficient (Wildman–Crippen LogP) is 4.16. The van der Waals surface area contributed by atoms with Gasteiger partial charge in [-0.05, 0) is 42.3 Å². The average Bonchev–Trinajstić information content (AvgIpc) is 3.15. The quantitative estimate of drug-likeness (QED) is 0.661. The molecule has 152 valence electrons. The number of rotatable bonds is 6. The van der Waals surface area contributed by atoms with E-state index in [0.717, 1.165) is 12.1 Å². The van der Waals surface area contributed by atoms with Gasteiger partial charge in [0.25, 0.3) is 5.91 Å². The van der Waals surface area contributed by atoms with Gasteiger partial charge in [-0.3, -0.25) is 9.78 Å². The maximum absolute atomic E-state index is 12.5. The first kappa shape index (κ1) is 20.3. The van der Waals surface area contributed by atoms with Crippen molar-refractivity contribution in [1.82, 2.24) is 20.4 Å². The molecule has 1 unspecified atom stereocenters. The lowest BCUT2D eigenvalue weighted by molar-refractivity contribution is -0.274. The highest BCUT2D eigenvalue weighted by atomic mass is 19.4. The highest BCUT2D eigenvalue weighted by molar-refractivity contribution is 5.94. The highest BCUT2D eigenvalue weighted by Gasteiger charge is 2.31. The summed E-state index contributed by atoms with van der Waals surface area (Å²) in [6.45, 7) is 3.72. The van der Waals surface area contributed by atoms with E-state index in [4.69, 9.17) is 4.52 Å². The summed E-state index contributed by atoms with van der Waals surface area (Å²) in [6, 6.07) is 7.53. The molecule has 7 nitrogen and oxygen atoms in total. The van der Waals surface area contributed by atoms with E-state index in [-0.39, 0.29) is 17.4 Å². The van der Waals surface area contributed by atoms with Crippen LogP contribution in [0.3, 0.4) is 0 Å². The maximum atomic E-state index is 12.5. The van der Waals surface area contributed by atoms with Gasteiger partial charge in [0.2, 0.25) is 11.7 Å². The fourth-order valence-electron chi connectivity index (χ4n) is 2.52. The molecule has 0 spiro atoms. The molecule has 0 aliphatic rings. The fourth-order valence-corrected chi connectivity index (χ4v) is 2.52. The molecule has 0 saturated carbocycles. The summed E-state index contributed by atoms with van der Waals surface area (Å²) in [5, 5.41) is 6.68. The molecule has 0 aliphatic carbocycles. The van der Waals surface area contributed by atoms with Crippen LogP contribution in [-0.2, 0) is 0 Å². The minimum absolute atomic E-state index is 0.0889. The van der Waals surface area contributed by atoms with Crippen LogP contribution in [0.5, 0.6) is 5.75 Å². The Morgan fingerprint density at radius 2 is 1.90 bits per heavy atom. The third-order valence-corrected chi connectivity index (χ3v) is 3.93. The number of nitrogens with zero attached hydrogens (tertiary/aromatic N) is 3. The lowest BCUT2D eigenvalue weighted by Gasteiger charge is -2.18. The second-order valence-corrected chi connectivity index (χ2v) is 6.47. The van der Waals surface area contributed by atoms with Crippen molar-refractivity contribution < 1.29 is 27.2 Å². The summed E-state index contributed by atoms with van der Waals surface area (Å²) in [4.78, 5) is 20.9. The van der Waals surface area contributed by atoms with Gasteiger partial charge in [-0.15, -0.1) is 13.2 Å². The summed E-state index contributed by atoms with van der Waals surface area (Å²) in [5.41, 5.74) is 0.828. The molecule has 1 atom stereocenters. The molecule has 2 heterocycles. The lowest BCUT2D eigenvalue weighted by Crippen LogP contribution is -2.32. The molecule has 0 bridgehead atoms. The number of aromatic nitrogens is 3. The fraction of sp³-hybridized carbons (Fsp3) is 0.263. The van der Waals surface area contributed by atoms with E-state index in [1.807, 2.05) is 13.8 Å². The van der Waals surface area contributed by atoms with Crippen LogP contribution in [0.2, 0.25) is 0 Å². The number of pyridine rings is 1. The molecule has 2 aromatic heterocycles. The molecule has 0 saturated heterocycles. The zero-order valence-electron chi connectivity index (χ0n) is 15.5. The number of alkyl halides is 3. The molecule has 3 rings (SSSR count). The van der Waals surface area contributed by atoms with Crippen molar-refractivity contribution in [1.29, 1.82) is 0 Å². The largest absolute Gasteiger partial charge is 0.573 e. The summed E-state index contributed by atoms with van der Waals surface area (Å²) in [5.74, 6) is -0.448. The standard InChI is InChI=1S/C19H17F3N4O3/c1-11(2)15(18-25-16(26-29-18)13-4-3-9-23-10-13)24-17(27)12-5-7-14(8-6-12)28-19(20,21)22/h3-11,15H,1-2H3,(H,24,27). The average molecular weight is 406 g/mol. The molecule has 0 aliphatic heterocycles. The van der Waals surface area contributed by atoms with E-state index in [1.54, 1.807) is 24.5 Å². The van der Waals surface area contributed by atoms with Crippen LogP contribution < -0.4 is 10.1 Å². The first-order valence-electron chi connectivity index (χ1n) is 8.63. The molecule has 29 heavy (non-hydrogen) atoms. The number of amides is 1. The summed E-state index contributed by atoms with van der Waals surface area (Å²) in [6.07, 6.45) is -1.59. The van der Waals surface area contributed by atoms with Crippen molar-refractivity contribution in [2.24, 2.45) is 5.92 Å². The van der Waals surface area contributed by atoms with E-state index < -0.39 is 24.1 Å². The van der Waals surface area contributed by atoms with E-state index in [0.29, 0.717) is 11.4 Å². The molecule has 0 fully saturated rings. The molecule has 1 amide bonds. The van der Waals surface area contributed by atoms with E-state index in [2.05, 4.69) is 25.2 Å². The smallest absolute Gasteiger partial charge is 0.406 e. The first-order valence-corrected chi connectivity index (χ1v) is 8.63. The van der Waals surface area contributed by atoms with Gasteiger partial charge in [0, 0.05) is 23.5 Å². The normalized spacial score (nSPS) is 12.6. The highest BCUT2D eigenvalue weighted by Crippen LogP contribution is 2.25. The van der Waals surface area contributed by atoms with Gasteiger partial charge in [-0.2, -0.15) is 4.98 Å². The van der Waals surface area contributed by atoms with Crippen LogP contribution in [0.25, 0.3) is 11.4 Å². The van der Waals surface area contributed by atoms with Crippen molar-refractivity contribution in [3.8, 4) is 17.1 Å². The summed E-state index contributed by atoms with van der Waals surface area (Å²) < 4.78 is 45.8. The van der Waals surface area contributed by atoms with Gasteiger partial charge in [-0.1, -0.05) is 19.0 Å². The van der Waals surface area contributed by atoms with Crippen molar-refractivity contribution in [3.63, 3.8) is 0 Å². The zero-order valence-corrected chi connectivity index (χ0v) is 15.5. The van der Waals surface area contributed by atoms with Crippen LogP contribution in [0.15, 0.2) is 53.3 Å². The topological polar surface area (TPSA) is 90.1 Å². The van der Waals surface area contributed by atoms with Crippen LogP contribution in [0, 0.1) is 5.92 Å². The Kier molecular flexibility index (Phi) is 5.81. The number of halogens is 3. The molecule has 10 heteroatoms. The third kappa shape index (κ3) is 5.31. The summed E-state index contributed by atoms with van der Waals surface area (Å²) in [7, 11) is 0. The van der Waals surface area contributed by atoms with Gasteiger partial charge in [-0.25, -0.2) is 0 Å². The van der Waals surface area contributed by atoms with Crippen LogP contribution in [-0.4, -0.2) is 27.4 Å². The van der Waals surface area contributed by atoms with Crippen molar-refractivity contribution in [3.05, 3.63) is 60.2 Å². The number of benzene rings is 1. The Bertz CT molecular complexity index is 957. The van der Waals surface area contributed by atoms with Gasteiger partial charge in [0.05, 0.1) is 0 Å². The molecular formula is C19H17F3N4O3. The number of ether oxygens (including phenoxy) is 1. The van der Waals surface area contributed by atoms with Crippen molar-refractivity contribution >= 4 is 5.91 Å². The molecule has 1 N–H and O–H groups in total. The molecule has 0 radical (unpaired) electrons. The summed E-state index contributed by atoms with van der Waals surface area (Å²) >= 11 is 0. The SMILES string of the molecule is CC(C)C(NC(=O)c1ccc(OC(F)(F)F)cc1)c1nc(-c2cccnc2)no1. The van der Waals surface area contributed by atoms with E-state index in [1.165, 1.54) is 12.1 Å². The number of nitrogens with one attached hydrogen (secondary N) is 1. The molecule has 1 aromatic carbocycles. The second-order valence-electron chi connectivity index (χ2n) is 6.47. The number of hydrogen-bond donors (Lipinski definition) is 1. The minimum Gasteiger partial charge on any atom is -0.406 e. The van der Waals surface area contributed by atoms with E-state index in [9.17, 15) is 18.0 Å².